The SMILES string of the molecule is COc1cc(C2(c3ncc[nH]3)SSSCC2O)ccc1O.O=C(O)C(F)(F)F. The average Bonchev–Trinajstić information content (AvgIpc) is 3.17. The Bertz CT molecular complexity index is 807. The molecule has 0 amide bonds. The lowest BCUT2D eigenvalue weighted by atomic mass is 9.91. The lowest BCUT2D eigenvalue weighted by molar-refractivity contribution is -0.192. The number of hydrogen-bond acceptors (Lipinski definition) is 8. The van der Waals surface area contributed by atoms with Gasteiger partial charge >= 0.3 is 12.1 Å². The molecule has 7 nitrogen and oxygen atoms in total. The van der Waals surface area contributed by atoms with Crippen molar-refractivity contribution in [3.63, 3.8) is 0 Å². The Morgan fingerprint density at radius 1 is 1.43 bits per heavy atom. The number of aromatic amines is 1. The summed E-state index contributed by atoms with van der Waals surface area (Å²) in [4.78, 5) is 16.4. The Hall–Kier alpha value is -1.70. The number of alkyl halides is 3. The Labute approximate surface area is 168 Å². The molecular formula is C15H15F3N2O5S3. The molecular weight excluding hydrogens is 441 g/mol. The van der Waals surface area contributed by atoms with Crippen LogP contribution in [-0.4, -0.2) is 56.4 Å². The smallest absolute Gasteiger partial charge is 0.490 e. The van der Waals surface area contributed by atoms with E-state index in [4.69, 9.17) is 14.6 Å². The monoisotopic (exact) mass is 456 g/mol. The van der Waals surface area contributed by atoms with Crippen LogP contribution in [0.25, 0.3) is 0 Å². The minimum absolute atomic E-state index is 0.0770. The van der Waals surface area contributed by atoms with Gasteiger partial charge < -0.3 is 25.0 Å². The minimum Gasteiger partial charge on any atom is -0.504 e. The number of ether oxygens (including phenoxy) is 1. The van der Waals surface area contributed by atoms with Crippen LogP contribution in [0.2, 0.25) is 0 Å². The van der Waals surface area contributed by atoms with Gasteiger partial charge in [0.15, 0.2) is 11.5 Å². The van der Waals surface area contributed by atoms with Crippen LogP contribution in [0.5, 0.6) is 11.5 Å². The molecule has 0 spiro atoms. The van der Waals surface area contributed by atoms with Crippen molar-refractivity contribution in [1.82, 2.24) is 9.97 Å². The van der Waals surface area contributed by atoms with Crippen LogP contribution < -0.4 is 4.74 Å². The first-order chi connectivity index (χ1) is 13.1. The largest absolute Gasteiger partial charge is 0.504 e. The highest BCUT2D eigenvalue weighted by Gasteiger charge is 2.48. The standard InChI is InChI=1S/C13H14N2O3S3.C2HF3O2/c1-18-10-6-8(2-3-9(10)16)13(12-14-4-5-15-12)11(17)7-19-21-20-13;3-2(4,5)1(6)7/h2-6,11,16-17H,7H2,1H3,(H,14,15);(H,6,7). The molecule has 154 valence electrons. The van der Waals surface area contributed by atoms with Crippen molar-refractivity contribution in [2.45, 2.75) is 17.0 Å². The number of halogens is 3. The fourth-order valence-corrected chi connectivity index (χ4v) is 7.38. The number of nitrogens with one attached hydrogen (secondary N) is 1. The summed E-state index contributed by atoms with van der Waals surface area (Å²) in [6, 6.07) is 5.14. The van der Waals surface area contributed by atoms with Crippen molar-refractivity contribution in [1.29, 1.82) is 0 Å². The maximum Gasteiger partial charge on any atom is 0.490 e. The molecule has 0 aliphatic carbocycles. The zero-order chi connectivity index (χ0) is 20.9. The third-order valence-corrected chi connectivity index (χ3v) is 8.36. The molecule has 2 heterocycles. The first kappa shape index (κ1) is 22.6. The number of hydrogen-bond donors (Lipinski definition) is 4. The second kappa shape index (κ2) is 9.20. The van der Waals surface area contributed by atoms with Gasteiger partial charge in [0, 0.05) is 18.1 Å². The van der Waals surface area contributed by atoms with Gasteiger partial charge in [0.25, 0.3) is 0 Å². The van der Waals surface area contributed by atoms with Crippen molar-refractivity contribution < 1.29 is 38.0 Å². The van der Waals surface area contributed by atoms with E-state index in [0.717, 1.165) is 5.56 Å². The molecule has 1 aromatic heterocycles. The highest BCUT2D eigenvalue weighted by molar-refractivity contribution is 9.09. The van der Waals surface area contributed by atoms with E-state index in [1.807, 2.05) is 0 Å². The summed E-state index contributed by atoms with van der Waals surface area (Å²) in [7, 11) is 6.30. The van der Waals surface area contributed by atoms with Crippen LogP contribution in [0.4, 0.5) is 13.2 Å². The van der Waals surface area contributed by atoms with E-state index < -0.39 is 23.0 Å². The topological polar surface area (TPSA) is 116 Å². The van der Waals surface area contributed by atoms with Crippen LogP contribution in [0, 0.1) is 0 Å². The Morgan fingerprint density at radius 2 is 2.11 bits per heavy atom. The fourth-order valence-electron chi connectivity index (χ4n) is 2.29. The third kappa shape index (κ3) is 4.82. The maximum atomic E-state index is 10.7. The molecule has 28 heavy (non-hydrogen) atoms. The summed E-state index contributed by atoms with van der Waals surface area (Å²) in [5.41, 5.74) is 0.845. The highest BCUT2D eigenvalue weighted by Crippen LogP contribution is 2.58. The van der Waals surface area contributed by atoms with E-state index in [1.54, 1.807) is 62.0 Å². The van der Waals surface area contributed by atoms with Crippen LogP contribution in [0.1, 0.15) is 11.4 Å². The molecule has 3 rings (SSSR count). The molecule has 0 saturated carbocycles. The van der Waals surface area contributed by atoms with Gasteiger partial charge in [0.2, 0.25) is 0 Å². The average molecular weight is 456 g/mol. The quantitative estimate of drug-likeness (QED) is 0.516. The molecule has 1 fully saturated rings. The normalized spacial score (nSPS) is 22.1. The number of phenolic OH excluding ortho intramolecular Hbond substituents is 1. The van der Waals surface area contributed by atoms with Gasteiger partial charge in [-0.2, -0.15) is 13.2 Å². The molecule has 1 aliphatic rings. The third-order valence-electron chi connectivity index (χ3n) is 3.61. The van der Waals surface area contributed by atoms with E-state index >= 15 is 0 Å². The number of nitrogens with zero attached hydrogens (tertiary/aromatic N) is 1. The predicted molar refractivity (Wildman–Crippen MR) is 101 cm³/mol. The number of aromatic nitrogens is 2. The second-order valence-corrected chi connectivity index (χ2v) is 9.67. The number of aliphatic hydroxyl groups is 1. The van der Waals surface area contributed by atoms with Gasteiger partial charge in [0.05, 0.1) is 13.2 Å². The van der Waals surface area contributed by atoms with Gasteiger partial charge in [0.1, 0.15) is 10.6 Å². The summed E-state index contributed by atoms with van der Waals surface area (Å²) in [5, 5.41) is 27.6. The number of H-pyrrole nitrogens is 1. The molecule has 1 aromatic carbocycles. The number of carboxylic acids is 1. The molecule has 2 aromatic rings. The maximum absolute atomic E-state index is 10.7. The Balaban J connectivity index is 0.000000345. The van der Waals surface area contributed by atoms with Crippen molar-refractivity contribution in [3.8, 4) is 11.5 Å². The van der Waals surface area contributed by atoms with Crippen LogP contribution in [0.3, 0.4) is 0 Å². The summed E-state index contributed by atoms with van der Waals surface area (Å²) in [6.45, 7) is 0. The molecule has 0 bridgehead atoms. The zero-order valence-electron chi connectivity index (χ0n) is 14.1. The van der Waals surface area contributed by atoms with Crippen molar-refractivity contribution in [2.75, 3.05) is 12.9 Å². The molecule has 13 heteroatoms. The number of phenols is 1. The minimum atomic E-state index is -5.08. The predicted octanol–water partition coefficient (Wildman–Crippen LogP) is 3.40. The molecule has 1 aliphatic heterocycles. The molecule has 2 unspecified atom stereocenters. The lowest BCUT2D eigenvalue weighted by Crippen LogP contribution is -2.41. The lowest BCUT2D eigenvalue weighted by Gasteiger charge is -2.38. The number of imidazole rings is 1. The van der Waals surface area contributed by atoms with Gasteiger partial charge in [-0.25, -0.2) is 9.78 Å². The van der Waals surface area contributed by atoms with Crippen molar-refractivity contribution >= 4 is 37.4 Å². The number of benzene rings is 1. The number of aliphatic carboxylic acids is 1. The van der Waals surface area contributed by atoms with Gasteiger partial charge in [-0.3, -0.25) is 0 Å². The van der Waals surface area contributed by atoms with Gasteiger partial charge in [-0.05, 0) is 27.5 Å². The zero-order valence-corrected chi connectivity index (χ0v) is 16.6. The van der Waals surface area contributed by atoms with Crippen molar-refractivity contribution in [3.05, 3.63) is 42.0 Å². The van der Waals surface area contributed by atoms with E-state index in [1.165, 1.54) is 7.11 Å². The highest BCUT2D eigenvalue weighted by atomic mass is 33.5. The second-order valence-electron chi connectivity index (χ2n) is 5.31. The number of aliphatic hydroxyl groups excluding tert-OH is 1. The van der Waals surface area contributed by atoms with E-state index in [2.05, 4.69) is 9.97 Å². The van der Waals surface area contributed by atoms with Gasteiger partial charge in [-0.1, -0.05) is 27.7 Å². The number of aromatic hydroxyl groups is 1. The summed E-state index contributed by atoms with van der Waals surface area (Å²) < 4.78 is 36.2. The van der Waals surface area contributed by atoms with Crippen LogP contribution in [-0.2, 0) is 9.54 Å². The summed E-state index contributed by atoms with van der Waals surface area (Å²) >= 11 is 0. The number of carbonyl (C=O) groups is 1. The first-order valence-corrected chi connectivity index (χ1v) is 11.1. The molecule has 4 N–H and O–H groups in total. The molecule has 0 radical (unpaired) electrons. The molecule has 1 saturated heterocycles. The summed E-state index contributed by atoms with van der Waals surface area (Å²) in [6.07, 6.45) is -2.27. The van der Waals surface area contributed by atoms with E-state index in [0.29, 0.717) is 17.3 Å². The van der Waals surface area contributed by atoms with Gasteiger partial charge in [-0.15, -0.1) is 0 Å². The number of methoxy groups -OCH3 is 1. The summed E-state index contributed by atoms with van der Waals surface area (Å²) in [5.74, 6) is -1.00. The Morgan fingerprint density at radius 3 is 2.61 bits per heavy atom. The van der Waals surface area contributed by atoms with Crippen LogP contribution in [0.15, 0.2) is 30.6 Å². The van der Waals surface area contributed by atoms with Crippen molar-refractivity contribution in [2.24, 2.45) is 0 Å². The Kier molecular flexibility index (Phi) is 7.42. The molecule has 2 atom stereocenters. The fraction of sp³-hybridized carbons (Fsp3) is 0.333. The number of rotatable bonds is 3. The van der Waals surface area contributed by atoms with Crippen LogP contribution >= 0.6 is 31.4 Å². The number of carboxylic acid groups (broad SMARTS) is 1. The van der Waals surface area contributed by atoms with E-state index in [9.17, 15) is 23.4 Å². The van der Waals surface area contributed by atoms with E-state index in [-0.39, 0.29) is 5.75 Å². The first-order valence-electron chi connectivity index (χ1n) is 7.45.